The highest BCUT2D eigenvalue weighted by Gasteiger charge is 2.15. The Balaban J connectivity index is 2.86. The van der Waals surface area contributed by atoms with Gasteiger partial charge in [-0.1, -0.05) is 12.1 Å². The maximum Gasteiger partial charge on any atom is 0.142 e. The van der Waals surface area contributed by atoms with Crippen LogP contribution in [0.4, 0.5) is 4.39 Å². The van der Waals surface area contributed by atoms with Gasteiger partial charge in [0.15, 0.2) is 0 Å². The number of rotatable bonds is 5. The molecule has 0 radical (unpaired) electrons. The number of hydrazine groups is 1. The number of halogens is 2. The molecule has 5 heteroatoms. The van der Waals surface area contributed by atoms with Crippen molar-refractivity contribution in [3.05, 3.63) is 34.1 Å². The molecule has 0 spiro atoms. The van der Waals surface area contributed by atoms with Gasteiger partial charge in [-0.25, -0.2) is 4.39 Å². The summed E-state index contributed by atoms with van der Waals surface area (Å²) in [5, 5.41) is 0. The van der Waals surface area contributed by atoms with E-state index in [4.69, 9.17) is 10.6 Å². The molecule has 1 aromatic carbocycles. The zero-order valence-corrected chi connectivity index (χ0v) is 10.1. The van der Waals surface area contributed by atoms with Gasteiger partial charge >= 0.3 is 0 Å². The number of nitrogens with one attached hydrogen (secondary N) is 1. The van der Waals surface area contributed by atoms with Crippen LogP contribution >= 0.6 is 15.9 Å². The first-order chi connectivity index (χ1) is 7.20. The van der Waals surface area contributed by atoms with Gasteiger partial charge in [0, 0.05) is 19.3 Å². The van der Waals surface area contributed by atoms with E-state index < -0.39 is 0 Å². The summed E-state index contributed by atoms with van der Waals surface area (Å²) >= 11 is 3.14. The molecule has 0 saturated carbocycles. The Morgan fingerprint density at radius 1 is 1.60 bits per heavy atom. The molecule has 1 rings (SSSR count). The molecule has 0 heterocycles. The summed E-state index contributed by atoms with van der Waals surface area (Å²) in [7, 11) is 1.60. The predicted molar refractivity (Wildman–Crippen MR) is 60.7 cm³/mol. The third kappa shape index (κ3) is 3.24. The van der Waals surface area contributed by atoms with Crippen LogP contribution in [0.5, 0.6) is 0 Å². The Morgan fingerprint density at radius 3 is 2.93 bits per heavy atom. The van der Waals surface area contributed by atoms with E-state index in [9.17, 15) is 4.39 Å². The van der Waals surface area contributed by atoms with Crippen molar-refractivity contribution < 1.29 is 9.13 Å². The molecule has 1 unspecified atom stereocenters. The minimum absolute atomic E-state index is 0.234. The molecule has 0 fully saturated rings. The van der Waals surface area contributed by atoms with E-state index in [0.717, 1.165) is 0 Å². The van der Waals surface area contributed by atoms with E-state index in [2.05, 4.69) is 21.4 Å². The van der Waals surface area contributed by atoms with Gasteiger partial charge in [0.2, 0.25) is 0 Å². The van der Waals surface area contributed by atoms with Crippen molar-refractivity contribution in [1.29, 1.82) is 0 Å². The molecule has 15 heavy (non-hydrogen) atoms. The topological polar surface area (TPSA) is 47.3 Å². The molecule has 3 N–H and O–H groups in total. The number of ether oxygens (including phenoxy) is 1. The lowest BCUT2D eigenvalue weighted by Gasteiger charge is -2.16. The summed E-state index contributed by atoms with van der Waals surface area (Å²) in [4.78, 5) is 0. The monoisotopic (exact) mass is 276 g/mol. The van der Waals surface area contributed by atoms with Crippen LogP contribution in [-0.4, -0.2) is 13.7 Å². The quantitative estimate of drug-likeness (QED) is 0.640. The maximum absolute atomic E-state index is 13.7. The molecule has 1 atom stereocenters. The fourth-order valence-electron chi connectivity index (χ4n) is 1.35. The molecule has 0 saturated heterocycles. The minimum Gasteiger partial charge on any atom is -0.385 e. The number of nitrogens with two attached hydrogens (primary N) is 1. The Labute approximate surface area is 96.9 Å². The normalized spacial score (nSPS) is 12.8. The van der Waals surface area contributed by atoms with Crippen LogP contribution in [0.3, 0.4) is 0 Å². The lowest BCUT2D eigenvalue weighted by Crippen LogP contribution is -2.29. The van der Waals surface area contributed by atoms with Gasteiger partial charge < -0.3 is 4.74 Å². The van der Waals surface area contributed by atoms with Crippen molar-refractivity contribution in [2.45, 2.75) is 12.5 Å². The molecule has 0 aliphatic carbocycles. The third-order valence-electron chi connectivity index (χ3n) is 2.17. The van der Waals surface area contributed by atoms with Crippen LogP contribution in [0.25, 0.3) is 0 Å². The van der Waals surface area contributed by atoms with Crippen LogP contribution in [-0.2, 0) is 4.74 Å². The van der Waals surface area contributed by atoms with Gasteiger partial charge in [0.25, 0.3) is 0 Å². The Hall–Kier alpha value is -0.490. The van der Waals surface area contributed by atoms with E-state index in [1.807, 2.05) is 0 Å². The molecular formula is C10H14BrFN2O. The first kappa shape index (κ1) is 12.6. The largest absolute Gasteiger partial charge is 0.385 e. The highest BCUT2D eigenvalue weighted by molar-refractivity contribution is 9.10. The fourth-order valence-corrected chi connectivity index (χ4v) is 1.74. The van der Waals surface area contributed by atoms with Gasteiger partial charge in [-0.3, -0.25) is 11.3 Å². The number of hydrogen-bond acceptors (Lipinski definition) is 3. The van der Waals surface area contributed by atoms with Gasteiger partial charge in [0.1, 0.15) is 5.82 Å². The van der Waals surface area contributed by atoms with Gasteiger partial charge in [-0.2, -0.15) is 0 Å². The summed E-state index contributed by atoms with van der Waals surface area (Å²) in [6, 6.07) is 4.91. The zero-order chi connectivity index (χ0) is 11.3. The van der Waals surface area contributed by atoms with E-state index in [1.165, 1.54) is 0 Å². The number of methoxy groups -OCH3 is 1. The van der Waals surface area contributed by atoms with E-state index in [1.54, 1.807) is 25.3 Å². The van der Waals surface area contributed by atoms with Crippen LogP contribution in [0, 0.1) is 5.82 Å². The van der Waals surface area contributed by atoms with Crippen molar-refractivity contribution in [2.75, 3.05) is 13.7 Å². The van der Waals surface area contributed by atoms with Crippen molar-refractivity contribution >= 4 is 15.9 Å². The summed E-state index contributed by atoms with van der Waals surface area (Å²) in [6.07, 6.45) is 0.625. The second-order valence-corrected chi connectivity index (χ2v) is 4.00. The average molecular weight is 277 g/mol. The van der Waals surface area contributed by atoms with Crippen molar-refractivity contribution in [3.63, 3.8) is 0 Å². The van der Waals surface area contributed by atoms with Crippen LogP contribution in [0.1, 0.15) is 18.0 Å². The molecule has 0 bridgehead atoms. The lowest BCUT2D eigenvalue weighted by atomic mass is 10.0. The van der Waals surface area contributed by atoms with Crippen LogP contribution in [0.2, 0.25) is 0 Å². The Morgan fingerprint density at radius 2 is 2.33 bits per heavy atom. The summed E-state index contributed by atoms with van der Waals surface area (Å²) in [6.45, 7) is 0.529. The zero-order valence-electron chi connectivity index (χ0n) is 8.47. The van der Waals surface area contributed by atoms with Gasteiger partial charge in [0.05, 0.1) is 10.5 Å². The number of hydrogen-bond donors (Lipinski definition) is 2. The van der Waals surface area contributed by atoms with E-state index in [-0.39, 0.29) is 11.9 Å². The molecule has 1 aromatic rings. The Bertz CT molecular complexity index is 322. The molecule has 0 aliphatic rings. The average Bonchev–Trinajstić information content (AvgIpc) is 2.25. The lowest BCUT2D eigenvalue weighted by molar-refractivity contribution is 0.182. The maximum atomic E-state index is 13.7. The Kier molecular flexibility index (Phi) is 5.17. The molecular weight excluding hydrogens is 263 g/mol. The summed E-state index contributed by atoms with van der Waals surface area (Å²) < 4.78 is 19.1. The second kappa shape index (κ2) is 6.17. The van der Waals surface area contributed by atoms with E-state index in [0.29, 0.717) is 23.1 Å². The SMILES string of the molecule is COCCC(NN)c1cccc(Br)c1F. The third-order valence-corrected chi connectivity index (χ3v) is 2.78. The summed E-state index contributed by atoms with van der Waals surface area (Å²) in [5.41, 5.74) is 3.13. The van der Waals surface area contributed by atoms with Crippen molar-refractivity contribution in [1.82, 2.24) is 5.43 Å². The highest BCUT2D eigenvalue weighted by Crippen LogP contribution is 2.25. The molecule has 0 amide bonds. The second-order valence-electron chi connectivity index (χ2n) is 3.14. The molecule has 3 nitrogen and oxygen atoms in total. The molecule has 84 valence electrons. The van der Waals surface area contributed by atoms with Crippen molar-refractivity contribution in [3.8, 4) is 0 Å². The number of benzene rings is 1. The fraction of sp³-hybridized carbons (Fsp3) is 0.400. The predicted octanol–water partition coefficient (Wildman–Crippen LogP) is 2.13. The first-order valence-corrected chi connectivity index (χ1v) is 5.39. The van der Waals surface area contributed by atoms with Gasteiger partial charge in [-0.15, -0.1) is 0 Å². The first-order valence-electron chi connectivity index (χ1n) is 4.59. The van der Waals surface area contributed by atoms with Gasteiger partial charge in [-0.05, 0) is 28.4 Å². The van der Waals surface area contributed by atoms with Crippen LogP contribution < -0.4 is 11.3 Å². The highest BCUT2D eigenvalue weighted by atomic mass is 79.9. The smallest absolute Gasteiger partial charge is 0.142 e. The van der Waals surface area contributed by atoms with Crippen molar-refractivity contribution in [2.24, 2.45) is 5.84 Å². The molecule has 0 aliphatic heterocycles. The summed E-state index contributed by atoms with van der Waals surface area (Å²) in [5.74, 6) is 5.10. The molecule has 0 aromatic heterocycles. The van der Waals surface area contributed by atoms with E-state index >= 15 is 0 Å². The standard InChI is InChI=1S/C10H14BrFN2O/c1-15-6-5-9(14-13)7-3-2-4-8(11)10(7)12/h2-4,9,14H,5-6,13H2,1H3. The minimum atomic E-state index is -0.281. The van der Waals surface area contributed by atoms with Crippen LogP contribution in [0.15, 0.2) is 22.7 Å².